The third kappa shape index (κ3) is 2.29. The Morgan fingerprint density at radius 1 is 0.737 bits per heavy atom. The first-order chi connectivity index (χ1) is 9.22. The van der Waals surface area contributed by atoms with Gasteiger partial charge in [0.15, 0.2) is 11.5 Å². The summed E-state index contributed by atoms with van der Waals surface area (Å²) in [6, 6.07) is 11.3. The van der Waals surface area contributed by atoms with Crippen LogP contribution in [-0.4, -0.2) is 21.3 Å². The second-order valence-electron chi connectivity index (χ2n) is 3.97. The maximum Gasteiger partial charge on any atom is 0.168 e. The highest BCUT2D eigenvalue weighted by atomic mass is 16.5. The molecule has 2 rings (SSSR count). The minimum Gasteiger partial charge on any atom is -0.494 e. The first-order valence-corrected chi connectivity index (χ1v) is 5.86. The molecular formula is C15H17NO3. The summed E-state index contributed by atoms with van der Waals surface area (Å²) in [5.74, 6) is 1.97. The van der Waals surface area contributed by atoms with Gasteiger partial charge < -0.3 is 19.9 Å². The molecule has 0 aliphatic rings. The standard InChI is InChI=1S/C15H17NO3/c1-17-13-9-5-7-11(15(13)19-3)10-6-4-8-12(16)14(10)18-2/h4-9H,16H2,1-3H3. The number of ether oxygens (including phenoxy) is 3. The van der Waals surface area contributed by atoms with E-state index in [2.05, 4.69) is 0 Å². The molecule has 0 fully saturated rings. The van der Waals surface area contributed by atoms with Crippen LogP contribution in [0.1, 0.15) is 0 Å². The van der Waals surface area contributed by atoms with Gasteiger partial charge in [0.25, 0.3) is 0 Å². The number of para-hydroxylation sites is 2. The van der Waals surface area contributed by atoms with Crippen molar-refractivity contribution in [2.75, 3.05) is 27.1 Å². The highest BCUT2D eigenvalue weighted by Crippen LogP contribution is 2.43. The highest BCUT2D eigenvalue weighted by molar-refractivity contribution is 5.82. The minimum atomic E-state index is 0.588. The molecule has 0 saturated heterocycles. The Bertz CT molecular complexity index is 582. The lowest BCUT2D eigenvalue weighted by Gasteiger charge is -2.15. The molecule has 0 atom stereocenters. The Hall–Kier alpha value is -2.36. The molecule has 0 unspecified atom stereocenters. The molecule has 2 aromatic carbocycles. The zero-order chi connectivity index (χ0) is 13.8. The molecule has 100 valence electrons. The van der Waals surface area contributed by atoms with Crippen molar-refractivity contribution >= 4 is 5.69 Å². The van der Waals surface area contributed by atoms with Gasteiger partial charge in [-0.25, -0.2) is 0 Å². The quantitative estimate of drug-likeness (QED) is 0.858. The van der Waals surface area contributed by atoms with Crippen LogP contribution >= 0.6 is 0 Å². The van der Waals surface area contributed by atoms with Gasteiger partial charge in [0.1, 0.15) is 5.75 Å². The van der Waals surface area contributed by atoms with Gasteiger partial charge in [-0.15, -0.1) is 0 Å². The molecule has 0 heterocycles. The van der Waals surface area contributed by atoms with Crippen molar-refractivity contribution < 1.29 is 14.2 Å². The zero-order valence-electron chi connectivity index (χ0n) is 11.3. The van der Waals surface area contributed by atoms with Gasteiger partial charge in [-0.1, -0.05) is 24.3 Å². The van der Waals surface area contributed by atoms with Crippen molar-refractivity contribution in [2.24, 2.45) is 0 Å². The van der Waals surface area contributed by atoms with E-state index in [1.807, 2.05) is 30.3 Å². The van der Waals surface area contributed by atoms with Crippen LogP contribution in [0.15, 0.2) is 36.4 Å². The van der Waals surface area contributed by atoms with E-state index in [-0.39, 0.29) is 0 Å². The second kappa shape index (κ2) is 5.52. The molecule has 2 aromatic rings. The molecule has 19 heavy (non-hydrogen) atoms. The van der Waals surface area contributed by atoms with E-state index in [1.54, 1.807) is 27.4 Å². The summed E-state index contributed by atoms with van der Waals surface area (Å²) in [6.45, 7) is 0. The number of hydrogen-bond donors (Lipinski definition) is 1. The van der Waals surface area contributed by atoms with Crippen molar-refractivity contribution in [3.63, 3.8) is 0 Å². The highest BCUT2D eigenvalue weighted by Gasteiger charge is 2.16. The fourth-order valence-electron chi connectivity index (χ4n) is 2.09. The summed E-state index contributed by atoms with van der Waals surface area (Å²) in [4.78, 5) is 0. The number of nitrogen functional groups attached to an aromatic ring is 1. The zero-order valence-corrected chi connectivity index (χ0v) is 11.3. The molecule has 0 saturated carbocycles. The van der Waals surface area contributed by atoms with Crippen molar-refractivity contribution in [3.8, 4) is 28.4 Å². The van der Waals surface area contributed by atoms with Crippen LogP contribution < -0.4 is 19.9 Å². The predicted molar refractivity (Wildman–Crippen MR) is 75.9 cm³/mol. The van der Waals surface area contributed by atoms with Crippen molar-refractivity contribution in [1.29, 1.82) is 0 Å². The summed E-state index contributed by atoms with van der Waals surface area (Å²) >= 11 is 0. The average molecular weight is 259 g/mol. The molecule has 0 spiro atoms. The fraction of sp³-hybridized carbons (Fsp3) is 0.200. The van der Waals surface area contributed by atoms with E-state index < -0.39 is 0 Å². The lowest BCUT2D eigenvalue weighted by molar-refractivity contribution is 0.356. The van der Waals surface area contributed by atoms with Crippen LogP contribution in [0.3, 0.4) is 0 Å². The summed E-state index contributed by atoms with van der Waals surface area (Å²) in [6.07, 6.45) is 0. The third-order valence-corrected chi connectivity index (χ3v) is 2.94. The largest absolute Gasteiger partial charge is 0.494 e. The van der Waals surface area contributed by atoms with E-state index in [4.69, 9.17) is 19.9 Å². The Balaban J connectivity index is 2.68. The van der Waals surface area contributed by atoms with E-state index in [1.165, 1.54) is 0 Å². The number of benzene rings is 2. The van der Waals surface area contributed by atoms with E-state index >= 15 is 0 Å². The molecule has 0 aliphatic carbocycles. The molecule has 0 aliphatic heterocycles. The van der Waals surface area contributed by atoms with Crippen LogP contribution in [0.4, 0.5) is 5.69 Å². The van der Waals surface area contributed by atoms with Crippen LogP contribution in [0.25, 0.3) is 11.1 Å². The van der Waals surface area contributed by atoms with E-state index in [0.717, 1.165) is 11.1 Å². The van der Waals surface area contributed by atoms with Crippen molar-refractivity contribution in [1.82, 2.24) is 0 Å². The fourth-order valence-corrected chi connectivity index (χ4v) is 2.09. The predicted octanol–water partition coefficient (Wildman–Crippen LogP) is 2.96. The summed E-state index contributed by atoms with van der Waals surface area (Å²) in [5.41, 5.74) is 8.28. The van der Waals surface area contributed by atoms with E-state index in [0.29, 0.717) is 22.9 Å². The number of rotatable bonds is 4. The monoisotopic (exact) mass is 259 g/mol. The number of anilines is 1. The average Bonchev–Trinajstić information content (AvgIpc) is 2.45. The number of hydrogen-bond acceptors (Lipinski definition) is 4. The third-order valence-electron chi connectivity index (χ3n) is 2.94. The van der Waals surface area contributed by atoms with Gasteiger partial charge in [0, 0.05) is 11.1 Å². The smallest absolute Gasteiger partial charge is 0.168 e. The van der Waals surface area contributed by atoms with Crippen LogP contribution in [0, 0.1) is 0 Å². The van der Waals surface area contributed by atoms with E-state index in [9.17, 15) is 0 Å². The SMILES string of the molecule is COc1cccc(-c2cccc(N)c2OC)c1OC. The first kappa shape index (κ1) is 13.1. The first-order valence-electron chi connectivity index (χ1n) is 5.86. The summed E-state index contributed by atoms with van der Waals surface area (Å²) < 4.78 is 16.1. The number of nitrogens with two attached hydrogens (primary N) is 1. The maximum atomic E-state index is 5.93. The summed E-state index contributed by atoms with van der Waals surface area (Å²) in [7, 11) is 4.82. The molecule has 0 bridgehead atoms. The summed E-state index contributed by atoms with van der Waals surface area (Å²) in [5, 5.41) is 0. The second-order valence-corrected chi connectivity index (χ2v) is 3.97. The lowest BCUT2D eigenvalue weighted by Crippen LogP contribution is -1.97. The lowest BCUT2D eigenvalue weighted by atomic mass is 10.0. The molecule has 0 amide bonds. The van der Waals surface area contributed by atoms with Gasteiger partial charge in [0.2, 0.25) is 0 Å². The Morgan fingerprint density at radius 2 is 1.32 bits per heavy atom. The van der Waals surface area contributed by atoms with Crippen LogP contribution in [-0.2, 0) is 0 Å². The Kier molecular flexibility index (Phi) is 3.80. The Labute approximate surface area is 112 Å². The molecule has 0 aromatic heterocycles. The minimum absolute atomic E-state index is 0.588. The molecule has 4 nitrogen and oxygen atoms in total. The van der Waals surface area contributed by atoms with Crippen LogP contribution in [0.2, 0.25) is 0 Å². The van der Waals surface area contributed by atoms with Gasteiger partial charge in [-0.05, 0) is 12.1 Å². The van der Waals surface area contributed by atoms with Gasteiger partial charge >= 0.3 is 0 Å². The van der Waals surface area contributed by atoms with Gasteiger partial charge in [-0.2, -0.15) is 0 Å². The van der Waals surface area contributed by atoms with Crippen molar-refractivity contribution in [3.05, 3.63) is 36.4 Å². The molecule has 0 radical (unpaired) electrons. The number of methoxy groups -OCH3 is 3. The maximum absolute atomic E-state index is 5.93. The molecule has 4 heteroatoms. The van der Waals surface area contributed by atoms with Gasteiger partial charge in [-0.3, -0.25) is 0 Å². The molecular weight excluding hydrogens is 242 g/mol. The topological polar surface area (TPSA) is 53.7 Å². The van der Waals surface area contributed by atoms with Crippen molar-refractivity contribution in [2.45, 2.75) is 0 Å². The normalized spacial score (nSPS) is 10.1. The van der Waals surface area contributed by atoms with Crippen LogP contribution in [0.5, 0.6) is 17.2 Å². The Morgan fingerprint density at radius 3 is 1.89 bits per heavy atom. The molecule has 2 N–H and O–H groups in total. The van der Waals surface area contributed by atoms with Gasteiger partial charge in [0.05, 0.1) is 27.0 Å².